The van der Waals surface area contributed by atoms with E-state index in [-0.39, 0.29) is 11.3 Å². The number of rotatable bonds is 2. The normalized spacial score (nSPS) is 10.3. The van der Waals surface area contributed by atoms with Gasteiger partial charge in [0.2, 0.25) is 0 Å². The molecule has 0 N–H and O–H groups in total. The zero-order valence-corrected chi connectivity index (χ0v) is 11.2. The summed E-state index contributed by atoms with van der Waals surface area (Å²) in [6, 6.07) is 6.69. The van der Waals surface area contributed by atoms with E-state index >= 15 is 0 Å². The monoisotopic (exact) mass is 341 g/mol. The summed E-state index contributed by atoms with van der Waals surface area (Å²) in [5, 5.41) is 0. The van der Waals surface area contributed by atoms with Gasteiger partial charge in [0.1, 0.15) is 5.82 Å². The Hall–Kier alpha value is -1.30. The van der Waals surface area contributed by atoms with Gasteiger partial charge in [0.15, 0.2) is 5.78 Å². The summed E-state index contributed by atoms with van der Waals surface area (Å²) >= 11 is 2.12. The summed E-state index contributed by atoms with van der Waals surface area (Å²) in [4.78, 5) is 15.8. The maximum atomic E-state index is 13.0. The van der Waals surface area contributed by atoms with Crippen molar-refractivity contribution in [3.63, 3.8) is 0 Å². The highest BCUT2D eigenvalue weighted by Crippen LogP contribution is 2.19. The molecule has 0 unspecified atom stereocenters. The van der Waals surface area contributed by atoms with Gasteiger partial charge in [-0.05, 0) is 47.2 Å². The smallest absolute Gasteiger partial charge is 0.195 e. The first-order valence-electron chi connectivity index (χ1n) is 5.00. The average molecular weight is 341 g/mol. The van der Waals surface area contributed by atoms with E-state index < -0.39 is 5.82 Å². The molecule has 4 heteroatoms. The Morgan fingerprint density at radius 3 is 2.82 bits per heavy atom. The number of carbonyl (C=O) groups excluding carboxylic acids is 1. The van der Waals surface area contributed by atoms with Gasteiger partial charge in [-0.25, -0.2) is 4.39 Å². The van der Waals surface area contributed by atoms with Crippen molar-refractivity contribution in [2.24, 2.45) is 0 Å². The summed E-state index contributed by atoms with van der Waals surface area (Å²) in [5.74, 6) is -0.705. The van der Waals surface area contributed by atoms with E-state index in [0.29, 0.717) is 5.56 Å². The Kier molecular flexibility index (Phi) is 3.51. The zero-order chi connectivity index (χ0) is 12.4. The molecule has 1 heterocycles. The zero-order valence-electron chi connectivity index (χ0n) is 9.08. The predicted octanol–water partition coefficient (Wildman–Crippen LogP) is 3.36. The Morgan fingerprint density at radius 2 is 2.12 bits per heavy atom. The number of nitrogens with zero attached hydrogens (tertiary/aromatic N) is 1. The van der Waals surface area contributed by atoms with E-state index in [9.17, 15) is 9.18 Å². The molecule has 2 nitrogen and oxygen atoms in total. The Bertz CT molecular complexity index is 583. The summed E-state index contributed by atoms with van der Waals surface area (Å²) in [5.41, 5.74) is 1.88. The van der Waals surface area contributed by atoms with E-state index in [4.69, 9.17) is 0 Å². The van der Waals surface area contributed by atoms with E-state index in [0.717, 1.165) is 15.3 Å². The average Bonchev–Trinajstić information content (AvgIpc) is 2.32. The standard InChI is InChI=1S/C13H9FINO/c1-8-3-2-4-11(12(8)15)13(17)9-5-10(14)7-16-6-9/h2-7H,1H3. The number of halogens is 2. The van der Waals surface area contributed by atoms with Crippen LogP contribution >= 0.6 is 22.6 Å². The minimum atomic E-state index is -0.501. The van der Waals surface area contributed by atoms with Crippen LogP contribution in [0.5, 0.6) is 0 Å². The fourth-order valence-electron chi connectivity index (χ4n) is 1.51. The third-order valence-corrected chi connectivity index (χ3v) is 3.84. The van der Waals surface area contributed by atoms with Gasteiger partial charge >= 0.3 is 0 Å². The Morgan fingerprint density at radius 1 is 1.35 bits per heavy atom. The number of pyridine rings is 1. The van der Waals surface area contributed by atoms with Gasteiger partial charge in [0, 0.05) is 20.9 Å². The molecule has 0 aliphatic carbocycles. The van der Waals surface area contributed by atoms with Crippen LogP contribution in [0.2, 0.25) is 0 Å². The lowest BCUT2D eigenvalue weighted by molar-refractivity contribution is 0.103. The number of aromatic nitrogens is 1. The third-order valence-electron chi connectivity index (χ3n) is 2.40. The molecule has 0 aliphatic heterocycles. The molecule has 0 bridgehead atoms. The molecule has 0 saturated heterocycles. The van der Waals surface area contributed by atoms with Crippen LogP contribution < -0.4 is 0 Å². The summed E-state index contributed by atoms with van der Waals surface area (Å²) < 4.78 is 13.9. The van der Waals surface area contributed by atoms with E-state index in [1.165, 1.54) is 12.3 Å². The third kappa shape index (κ3) is 2.52. The van der Waals surface area contributed by atoms with Gasteiger partial charge in [0.25, 0.3) is 0 Å². The number of carbonyl (C=O) groups is 1. The summed E-state index contributed by atoms with van der Waals surface area (Å²) in [6.45, 7) is 1.93. The van der Waals surface area contributed by atoms with E-state index in [1.807, 2.05) is 19.1 Å². The lowest BCUT2D eigenvalue weighted by atomic mass is 10.0. The lowest BCUT2D eigenvalue weighted by Gasteiger charge is -2.06. The molecule has 0 saturated carbocycles. The van der Waals surface area contributed by atoms with Crippen LogP contribution in [0.25, 0.3) is 0 Å². The van der Waals surface area contributed by atoms with Crippen molar-refractivity contribution >= 4 is 28.4 Å². The molecular weight excluding hydrogens is 332 g/mol. The van der Waals surface area contributed by atoms with Crippen LogP contribution in [0.4, 0.5) is 4.39 Å². The van der Waals surface area contributed by atoms with Crippen molar-refractivity contribution in [2.45, 2.75) is 6.92 Å². The first-order chi connectivity index (χ1) is 8.09. The van der Waals surface area contributed by atoms with Crippen LogP contribution in [-0.2, 0) is 0 Å². The van der Waals surface area contributed by atoms with Crippen LogP contribution in [0.3, 0.4) is 0 Å². The van der Waals surface area contributed by atoms with Crippen LogP contribution in [0, 0.1) is 16.3 Å². The van der Waals surface area contributed by atoms with Crippen molar-refractivity contribution in [2.75, 3.05) is 0 Å². The van der Waals surface area contributed by atoms with E-state index in [1.54, 1.807) is 6.07 Å². The van der Waals surface area contributed by atoms with Crippen molar-refractivity contribution < 1.29 is 9.18 Å². The highest BCUT2D eigenvalue weighted by Gasteiger charge is 2.14. The minimum Gasteiger partial charge on any atom is -0.289 e. The van der Waals surface area contributed by atoms with Crippen molar-refractivity contribution in [1.29, 1.82) is 0 Å². The van der Waals surface area contributed by atoms with Gasteiger partial charge in [0.05, 0.1) is 6.20 Å². The molecule has 17 heavy (non-hydrogen) atoms. The summed E-state index contributed by atoms with van der Waals surface area (Å²) in [6.07, 6.45) is 2.46. The van der Waals surface area contributed by atoms with Gasteiger partial charge < -0.3 is 0 Å². The van der Waals surface area contributed by atoms with Crippen LogP contribution in [0.15, 0.2) is 36.7 Å². The molecule has 1 aromatic heterocycles. The molecular formula is C13H9FINO. The van der Waals surface area contributed by atoms with Gasteiger partial charge in [-0.3, -0.25) is 9.78 Å². The van der Waals surface area contributed by atoms with Gasteiger partial charge in [-0.1, -0.05) is 12.1 Å². The number of benzene rings is 1. The number of ketones is 1. The van der Waals surface area contributed by atoms with Crippen molar-refractivity contribution in [3.8, 4) is 0 Å². The Labute approximate surface area is 112 Å². The molecule has 0 amide bonds. The van der Waals surface area contributed by atoms with Crippen LogP contribution in [0.1, 0.15) is 21.5 Å². The van der Waals surface area contributed by atoms with E-state index in [2.05, 4.69) is 27.6 Å². The topological polar surface area (TPSA) is 30.0 Å². The highest BCUT2D eigenvalue weighted by molar-refractivity contribution is 14.1. The van der Waals surface area contributed by atoms with Crippen LogP contribution in [-0.4, -0.2) is 10.8 Å². The highest BCUT2D eigenvalue weighted by atomic mass is 127. The maximum absolute atomic E-state index is 13.0. The number of hydrogen-bond donors (Lipinski definition) is 0. The van der Waals surface area contributed by atoms with Gasteiger partial charge in [-0.15, -0.1) is 0 Å². The number of aryl methyl sites for hydroxylation is 1. The first kappa shape index (κ1) is 12.2. The second-order valence-corrected chi connectivity index (χ2v) is 4.74. The van der Waals surface area contributed by atoms with Crippen molar-refractivity contribution in [1.82, 2.24) is 4.98 Å². The SMILES string of the molecule is Cc1cccc(C(=O)c2cncc(F)c2)c1I. The number of hydrogen-bond acceptors (Lipinski definition) is 2. The lowest BCUT2D eigenvalue weighted by Crippen LogP contribution is -2.05. The second-order valence-electron chi connectivity index (χ2n) is 3.66. The molecule has 0 atom stereocenters. The Balaban J connectivity index is 2.48. The summed E-state index contributed by atoms with van der Waals surface area (Å²) in [7, 11) is 0. The molecule has 0 radical (unpaired) electrons. The molecule has 2 rings (SSSR count). The molecule has 2 aromatic rings. The largest absolute Gasteiger partial charge is 0.289 e. The molecule has 0 aliphatic rings. The quantitative estimate of drug-likeness (QED) is 0.619. The first-order valence-corrected chi connectivity index (χ1v) is 6.08. The fourth-order valence-corrected chi connectivity index (χ4v) is 2.12. The molecule has 0 fully saturated rings. The maximum Gasteiger partial charge on any atom is 0.195 e. The molecule has 0 spiro atoms. The predicted molar refractivity (Wildman–Crippen MR) is 71.5 cm³/mol. The fraction of sp³-hybridized carbons (Fsp3) is 0.0769. The minimum absolute atomic E-state index is 0.204. The van der Waals surface area contributed by atoms with Gasteiger partial charge in [-0.2, -0.15) is 0 Å². The second kappa shape index (κ2) is 4.91. The molecule has 86 valence electrons. The van der Waals surface area contributed by atoms with Crippen molar-refractivity contribution in [3.05, 3.63) is 62.7 Å². The molecule has 1 aromatic carbocycles.